The van der Waals surface area contributed by atoms with E-state index in [1.165, 1.54) is 37.4 Å². The van der Waals surface area contributed by atoms with Crippen molar-refractivity contribution in [2.24, 2.45) is 0 Å². The van der Waals surface area contributed by atoms with E-state index in [4.69, 9.17) is 23.2 Å². The van der Waals surface area contributed by atoms with Gasteiger partial charge in [-0.05, 0) is 42.5 Å². The molecule has 0 aliphatic carbocycles. The number of benzene rings is 2. The predicted octanol–water partition coefficient (Wildman–Crippen LogP) is 4.12. The average Bonchev–Trinajstić information content (AvgIpc) is 2.51. The monoisotopic (exact) mass is 451 g/mol. The molecule has 0 aliphatic heterocycles. The van der Waals surface area contributed by atoms with Gasteiger partial charge in [0.05, 0.1) is 17.7 Å². The highest BCUT2D eigenvalue weighted by Crippen LogP contribution is 2.30. The van der Waals surface area contributed by atoms with Gasteiger partial charge in [-0.3, -0.25) is 9.10 Å². The number of ether oxygens (including phenoxy) is 1. The van der Waals surface area contributed by atoms with Crippen LogP contribution in [0.4, 0.5) is 5.69 Å². The van der Waals surface area contributed by atoms with Crippen LogP contribution in [0.25, 0.3) is 0 Å². The maximum Gasteiger partial charge on any atom is 0.326 e. The van der Waals surface area contributed by atoms with E-state index in [9.17, 15) is 13.2 Å². The molecule has 0 saturated carbocycles. The number of carbonyl (C=O) groups excluding carboxylic acids is 1. The number of rotatable bonds is 5. The zero-order chi connectivity index (χ0) is 17.9. The number of nitrogens with zero attached hydrogens (tertiary/aromatic N) is 1. The van der Waals surface area contributed by atoms with E-state index in [1.807, 2.05) is 0 Å². The lowest BCUT2D eigenvalue weighted by molar-refractivity contribution is -0.138. The molecule has 5 nitrogen and oxygen atoms in total. The lowest BCUT2D eigenvalue weighted by Gasteiger charge is -2.23. The topological polar surface area (TPSA) is 63.7 Å². The Kier molecular flexibility index (Phi) is 6.14. The first-order valence-corrected chi connectivity index (χ1v) is 9.54. The third-order valence-corrected chi connectivity index (χ3v) is 5.79. The summed E-state index contributed by atoms with van der Waals surface area (Å²) in [4.78, 5) is 11.7. The fourth-order valence-electron chi connectivity index (χ4n) is 1.91. The minimum atomic E-state index is -4.02. The van der Waals surface area contributed by atoms with E-state index in [0.717, 1.165) is 8.78 Å². The minimum absolute atomic E-state index is 0.0192. The van der Waals surface area contributed by atoms with Crippen molar-refractivity contribution in [1.29, 1.82) is 0 Å². The van der Waals surface area contributed by atoms with E-state index in [0.29, 0.717) is 0 Å². The average molecular weight is 453 g/mol. The first-order valence-electron chi connectivity index (χ1n) is 6.55. The molecule has 0 N–H and O–H groups in total. The first kappa shape index (κ1) is 19.1. The maximum absolute atomic E-state index is 12.9. The maximum atomic E-state index is 12.9. The second-order valence-electron chi connectivity index (χ2n) is 4.67. The molecule has 0 amide bonds. The molecule has 9 heteroatoms. The molecule has 128 valence electrons. The Bertz CT molecular complexity index is 836. The number of hydrogen-bond acceptors (Lipinski definition) is 4. The fraction of sp³-hybridized carbons (Fsp3) is 0.133. The normalized spacial score (nSPS) is 11.2. The molecule has 0 atom stereocenters. The highest BCUT2D eigenvalue weighted by Gasteiger charge is 2.28. The molecular weight excluding hydrogens is 441 g/mol. The Morgan fingerprint density at radius 1 is 1.12 bits per heavy atom. The van der Waals surface area contributed by atoms with Gasteiger partial charge in [0, 0.05) is 14.5 Å². The molecule has 0 aliphatic rings. The van der Waals surface area contributed by atoms with Crippen LogP contribution in [0.2, 0.25) is 10.0 Å². The Hall–Kier alpha value is -1.28. The molecule has 0 heterocycles. The molecule has 0 unspecified atom stereocenters. The van der Waals surface area contributed by atoms with Gasteiger partial charge < -0.3 is 4.74 Å². The van der Waals surface area contributed by atoms with Gasteiger partial charge in [-0.25, -0.2) is 8.42 Å². The summed E-state index contributed by atoms with van der Waals surface area (Å²) in [6.07, 6.45) is 0. The molecule has 2 aromatic rings. The van der Waals surface area contributed by atoms with Gasteiger partial charge in [-0.2, -0.15) is 0 Å². The number of carbonyl (C=O) groups is 1. The van der Waals surface area contributed by atoms with Crippen LogP contribution < -0.4 is 4.31 Å². The number of methoxy groups -OCH3 is 1. The summed E-state index contributed by atoms with van der Waals surface area (Å²) in [5.74, 6) is -0.716. The molecule has 2 aromatic carbocycles. The Labute approximate surface area is 158 Å². The fourth-order valence-corrected chi connectivity index (χ4v) is 4.09. The number of anilines is 1. The van der Waals surface area contributed by atoms with E-state index in [1.54, 1.807) is 12.1 Å². The van der Waals surface area contributed by atoms with E-state index >= 15 is 0 Å². The molecular formula is C15H12BrCl2NO4S. The lowest BCUT2D eigenvalue weighted by atomic mass is 10.3. The van der Waals surface area contributed by atoms with Gasteiger partial charge in [-0.15, -0.1) is 0 Å². The summed E-state index contributed by atoms with van der Waals surface area (Å²) in [5.41, 5.74) is 0.167. The van der Waals surface area contributed by atoms with Crippen LogP contribution in [-0.2, 0) is 19.6 Å². The summed E-state index contributed by atoms with van der Waals surface area (Å²) in [5, 5.41) is 0.497. The summed E-state index contributed by atoms with van der Waals surface area (Å²) >= 11 is 15.2. The molecule has 0 saturated heterocycles. The number of esters is 1. The molecule has 0 bridgehead atoms. The van der Waals surface area contributed by atoms with Crippen molar-refractivity contribution < 1.29 is 17.9 Å². The standard InChI is InChI=1S/C15H12BrCl2NO4S/c1-23-15(20)9-19(13-7-11(17)6-12(18)8-13)24(21,22)14-4-2-10(16)3-5-14/h2-8H,9H2,1H3. The van der Waals surface area contributed by atoms with Gasteiger partial charge in [-0.1, -0.05) is 39.1 Å². The van der Waals surface area contributed by atoms with Gasteiger partial charge in [0.1, 0.15) is 6.54 Å². The van der Waals surface area contributed by atoms with Crippen molar-refractivity contribution in [2.45, 2.75) is 4.90 Å². The van der Waals surface area contributed by atoms with E-state index < -0.39 is 22.5 Å². The van der Waals surface area contributed by atoms with Crippen molar-refractivity contribution in [3.8, 4) is 0 Å². The van der Waals surface area contributed by atoms with Gasteiger partial charge in [0.25, 0.3) is 10.0 Å². The quantitative estimate of drug-likeness (QED) is 0.640. The van der Waals surface area contributed by atoms with Crippen LogP contribution in [0.1, 0.15) is 0 Å². The van der Waals surface area contributed by atoms with Crippen LogP contribution >= 0.6 is 39.1 Å². The minimum Gasteiger partial charge on any atom is -0.468 e. The van der Waals surface area contributed by atoms with Gasteiger partial charge >= 0.3 is 5.97 Å². The molecule has 2 rings (SSSR count). The van der Waals surface area contributed by atoms with Crippen molar-refractivity contribution in [1.82, 2.24) is 0 Å². The summed E-state index contributed by atoms with van der Waals surface area (Å²) < 4.78 is 32.1. The SMILES string of the molecule is COC(=O)CN(c1cc(Cl)cc(Cl)c1)S(=O)(=O)c1ccc(Br)cc1. The van der Waals surface area contributed by atoms with Gasteiger partial charge in [0.15, 0.2) is 0 Å². The van der Waals surface area contributed by atoms with Crippen LogP contribution in [-0.4, -0.2) is 28.0 Å². The highest BCUT2D eigenvalue weighted by atomic mass is 79.9. The van der Waals surface area contributed by atoms with Crippen LogP contribution in [0, 0.1) is 0 Å². The van der Waals surface area contributed by atoms with Gasteiger partial charge in [0.2, 0.25) is 0 Å². The molecule has 0 spiro atoms. The third kappa shape index (κ3) is 4.42. The van der Waals surface area contributed by atoms with Crippen molar-refractivity contribution in [2.75, 3.05) is 18.0 Å². The Morgan fingerprint density at radius 2 is 1.67 bits per heavy atom. The number of hydrogen-bond donors (Lipinski definition) is 0. The van der Waals surface area contributed by atoms with Crippen LogP contribution in [0.5, 0.6) is 0 Å². The van der Waals surface area contributed by atoms with Crippen LogP contribution in [0.15, 0.2) is 51.8 Å². The molecule has 0 fully saturated rings. The van der Waals surface area contributed by atoms with Crippen LogP contribution in [0.3, 0.4) is 0 Å². The summed E-state index contributed by atoms with van der Waals surface area (Å²) in [6.45, 7) is -0.508. The molecule has 0 radical (unpaired) electrons. The number of sulfonamides is 1. The highest BCUT2D eigenvalue weighted by molar-refractivity contribution is 9.10. The zero-order valence-electron chi connectivity index (χ0n) is 12.4. The Morgan fingerprint density at radius 3 is 2.17 bits per heavy atom. The summed E-state index contributed by atoms with van der Waals surface area (Å²) in [6, 6.07) is 10.3. The number of halogens is 3. The first-order chi connectivity index (χ1) is 11.2. The van der Waals surface area contributed by atoms with Crippen molar-refractivity contribution in [3.05, 3.63) is 57.0 Å². The van der Waals surface area contributed by atoms with Crippen molar-refractivity contribution in [3.63, 3.8) is 0 Å². The molecule has 24 heavy (non-hydrogen) atoms. The van der Waals surface area contributed by atoms with E-state index in [-0.39, 0.29) is 20.6 Å². The smallest absolute Gasteiger partial charge is 0.326 e. The van der Waals surface area contributed by atoms with E-state index in [2.05, 4.69) is 20.7 Å². The second kappa shape index (κ2) is 7.74. The van der Waals surface area contributed by atoms with Crippen molar-refractivity contribution >= 4 is 60.8 Å². The largest absolute Gasteiger partial charge is 0.468 e. The lowest BCUT2D eigenvalue weighted by Crippen LogP contribution is -2.36. The second-order valence-corrected chi connectivity index (χ2v) is 8.32. The summed E-state index contributed by atoms with van der Waals surface area (Å²) in [7, 11) is -2.84. The zero-order valence-corrected chi connectivity index (χ0v) is 16.3. The predicted molar refractivity (Wildman–Crippen MR) is 97.2 cm³/mol. The third-order valence-electron chi connectivity index (χ3n) is 3.04. The molecule has 0 aromatic heterocycles. The Balaban J connectivity index is 2.56.